The minimum atomic E-state index is -1.57. The molecule has 0 amide bonds. The van der Waals surface area contributed by atoms with E-state index in [4.69, 9.17) is 16.7 Å². The van der Waals surface area contributed by atoms with Gasteiger partial charge in [0.05, 0.1) is 17.7 Å². The lowest BCUT2D eigenvalue weighted by Gasteiger charge is -2.12. The number of aromatic hydroxyl groups is 1. The number of hydrogen-bond acceptors (Lipinski definition) is 4. The van der Waals surface area contributed by atoms with Crippen molar-refractivity contribution in [1.29, 1.82) is 0 Å². The fourth-order valence-corrected chi connectivity index (χ4v) is 1.30. The van der Waals surface area contributed by atoms with Crippen molar-refractivity contribution < 1.29 is 24.5 Å². The van der Waals surface area contributed by atoms with Crippen LogP contribution in [0.15, 0.2) is 12.1 Å². The Bertz CT molecular complexity index is 427. The number of carbonyl (C=O) groups is 1. The third kappa shape index (κ3) is 3.21. The molecule has 5 nitrogen and oxygen atoms in total. The summed E-state index contributed by atoms with van der Waals surface area (Å²) in [5.74, 6) is -3.32. The molecule has 0 aliphatic carbocycles. The number of halogens is 2. The highest BCUT2D eigenvalue weighted by molar-refractivity contribution is 6.18. The first kappa shape index (κ1) is 13.5. The molecule has 0 bridgehead atoms. The number of benzene rings is 1. The number of phenols is 1. The van der Waals surface area contributed by atoms with Gasteiger partial charge in [-0.2, -0.15) is 0 Å². The quantitative estimate of drug-likeness (QED) is 0.474. The fourth-order valence-electron chi connectivity index (χ4n) is 1.19. The van der Waals surface area contributed by atoms with Crippen molar-refractivity contribution in [3.05, 3.63) is 23.5 Å². The van der Waals surface area contributed by atoms with E-state index < -0.39 is 29.2 Å². The molecule has 0 saturated heterocycles. The number of hydrogen-bond donors (Lipinski definition) is 4. The van der Waals surface area contributed by atoms with E-state index in [2.05, 4.69) is 5.32 Å². The van der Waals surface area contributed by atoms with Crippen molar-refractivity contribution in [1.82, 2.24) is 0 Å². The van der Waals surface area contributed by atoms with Gasteiger partial charge in [0.25, 0.3) is 0 Å². The van der Waals surface area contributed by atoms with Crippen molar-refractivity contribution in [2.45, 2.75) is 6.10 Å². The first-order valence-corrected chi connectivity index (χ1v) is 5.23. The Morgan fingerprint density at radius 1 is 1.53 bits per heavy atom. The maximum absolute atomic E-state index is 13.1. The summed E-state index contributed by atoms with van der Waals surface area (Å²) in [6.07, 6.45) is -0.852. The molecule has 0 aromatic heterocycles. The summed E-state index contributed by atoms with van der Waals surface area (Å²) in [4.78, 5) is 10.7. The molecule has 0 spiro atoms. The Labute approximate surface area is 101 Å². The van der Waals surface area contributed by atoms with Gasteiger partial charge >= 0.3 is 5.97 Å². The van der Waals surface area contributed by atoms with Gasteiger partial charge in [-0.1, -0.05) is 0 Å². The van der Waals surface area contributed by atoms with Gasteiger partial charge in [0.1, 0.15) is 11.4 Å². The first-order chi connectivity index (χ1) is 7.97. The maximum Gasteiger partial charge on any atom is 0.342 e. The van der Waals surface area contributed by atoms with E-state index in [0.717, 1.165) is 6.07 Å². The van der Waals surface area contributed by atoms with E-state index in [1.54, 1.807) is 0 Å². The first-order valence-electron chi connectivity index (χ1n) is 4.70. The molecule has 1 atom stereocenters. The molecule has 17 heavy (non-hydrogen) atoms. The van der Waals surface area contributed by atoms with Crippen LogP contribution in [0, 0.1) is 5.82 Å². The molecular formula is C10H11ClFNO4. The molecule has 1 unspecified atom stereocenters. The summed E-state index contributed by atoms with van der Waals surface area (Å²) in [5.41, 5.74) is -0.789. The number of carboxylic acid groups (broad SMARTS) is 1. The average Bonchev–Trinajstić information content (AvgIpc) is 2.27. The van der Waals surface area contributed by atoms with E-state index in [-0.39, 0.29) is 18.1 Å². The van der Waals surface area contributed by atoms with Crippen LogP contribution in [0.4, 0.5) is 10.1 Å². The highest BCUT2D eigenvalue weighted by Crippen LogP contribution is 2.29. The lowest BCUT2D eigenvalue weighted by atomic mass is 10.1. The molecular weight excluding hydrogens is 253 g/mol. The second-order valence-corrected chi connectivity index (χ2v) is 3.62. The minimum absolute atomic E-state index is 0.0132. The largest absolute Gasteiger partial charge is 0.505 e. The lowest BCUT2D eigenvalue weighted by molar-refractivity contribution is 0.0688. The van der Waals surface area contributed by atoms with Crippen molar-refractivity contribution in [2.24, 2.45) is 0 Å². The highest BCUT2D eigenvalue weighted by atomic mass is 35.5. The zero-order valence-electron chi connectivity index (χ0n) is 8.65. The van der Waals surface area contributed by atoms with Crippen LogP contribution >= 0.6 is 11.6 Å². The predicted molar refractivity (Wildman–Crippen MR) is 60.2 cm³/mol. The average molecular weight is 264 g/mol. The molecule has 1 aromatic rings. The molecule has 0 radical (unpaired) electrons. The Morgan fingerprint density at radius 2 is 2.18 bits per heavy atom. The molecule has 94 valence electrons. The summed E-state index contributed by atoms with van der Waals surface area (Å²) in [5, 5.41) is 30.0. The van der Waals surface area contributed by atoms with Crippen molar-refractivity contribution in [3.63, 3.8) is 0 Å². The van der Waals surface area contributed by atoms with Crippen molar-refractivity contribution >= 4 is 23.3 Å². The van der Waals surface area contributed by atoms with Gasteiger partial charge in [0.2, 0.25) is 0 Å². The standard InChI is InChI=1S/C10H11ClFNO4/c11-3-5(14)4-13-7-2-1-6(12)8(9(7)15)10(16)17/h1-2,5,13-15H,3-4H2,(H,16,17). The second-order valence-electron chi connectivity index (χ2n) is 3.31. The number of rotatable bonds is 5. The van der Waals surface area contributed by atoms with Crippen LogP contribution in [-0.2, 0) is 0 Å². The smallest absolute Gasteiger partial charge is 0.342 e. The minimum Gasteiger partial charge on any atom is -0.505 e. The van der Waals surface area contributed by atoms with E-state index >= 15 is 0 Å². The molecule has 7 heteroatoms. The summed E-state index contributed by atoms with van der Waals surface area (Å²) in [6, 6.07) is 2.09. The van der Waals surface area contributed by atoms with Gasteiger partial charge in [0, 0.05) is 6.54 Å². The normalized spacial score (nSPS) is 12.2. The van der Waals surface area contributed by atoms with Gasteiger partial charge in [-0.25, -0.2) is 9.18 Å². The number of nitrogens with one attached hydrogen (secondary N) is 1. The molecule has 1 rings (SSSR count). The van der Waals surface area contributed by atoms with Gasteiger partial charge in [0.15, 0.2) is 5.75 Å². The fraction of sp³-hybridized carbons (Fsp3) is 0.300. The Kier molecular flexibility index (Phi) is 4.53. The second kappa shape index (κ2) is 5.70. The summed E-state index contributed by atoms with van der Waals surface area (Å²) < 4.78 is 13.1. The number of carboxylic acids is 1. The van der Waals surface area contributed by atoms with Gasteiger partial charge in [-0.05, 0) is 12.1 Å². The van der Waals surface area contributed by atoms with Crippen LogP contribution in [0.3, 0.4) is 0 Å². The highest BCUT2D eigenvalue weighted by Gasteiger charge is 2.19. The number of aliphatic hydroxyl groups excluding tert-OH is 1. The molecule has 0 saturated carbocycles. The SMILES string of the molecule is O=C(O)c1c(F)ccc(NCC(O)CCl)c1O. The van der Waals surface area contributed by atoms with Crippen LogP contribution in [0.5, 0.6) is 5.75 Å². The topological polar surface area (TPSA) is 89.8 Å². The number of aromatic carboxylic acids is 1. The van der Waals surface area contributed by atoms with E-state index in [9.17, 15) is 19.4 Å². The third-order valence-corrected chi connectivity index (χ3v) is 2.40. The van der Waals surface area contributed by atoms with Gasteiger partial charge in [-0.3, -0.25) is 0 Å². The van der Waals surface area contributed by atoms with E-state index in [0.29, 0.717) is 0 Å². The zero-order valence-corrected chi connectivity index (χ0v) is 9.41. The van der Waals surface area contributed by atoms with Crippen LogP contribution in [0.25, 0.3) is 0 Å². The third-order valence-electron chi connectivity index (χ3n) is 2.05. The lowest BCUT2D eigenvalue weighted by Crippen LogP contribution is -2.21. The number of anilines is 1. The number of aliphatic hydroxyl groups is 1. The Hall–Kier alpha value is -1.53. The Morgan fingerprint density at radius 3 is 2.71 bits per heavy atom. The molecule has 1 aromatic carbocycles. The van der Waals surface area contributed by atoms with Crippen LogP contribution in [0.2, 0.25) is 0 Å². The summed E-state index contributed by atoms with van der Waals surface area (Å²) in [7, 11) is 0. The summed E-state index contributed by atoms with van der Waals surface area (Å²) >= 11 is 5.36. The van der Waals surface area contributed by atoms with Gasteiger partial charge < -0.3 is 20.6 Å². The van der Waals surface area contributed by atoms with Crippen molar-refractivity contribution in [3.8, 4) is 5.75 Å². The molecule has 0 fully saturated rings. The van der Waals surface area contributed by atoms with Crippen LogP contribution < -0.4 is 5.32 Å². The molecule has 0 aliphatic heterocycles. The molecule has 0 heterocycles. The van der Waals surface area contributed by atoms with Crippen molar-refractivity contribution in [2.75, 3.05) is 17.7 Å². The molecule has 0 aliphatic rings. The molecule has 4 N–H and O–H groups in total. The van der Waals surface area contributed by atoms with E-state index in [1.807, 2.05) is 0 Å². The summed E-state index contributed by atoms with van der Waals surface area (Å²) in [6.45, 7) is 0.0156. The van der Waals surface area contributed by atoms with Gasteiger partial charge in [-0.15, -0.1) is 11.6 Å². The zero-order chi connectivity index (χ0) is 13.0. The number of alkyl halides is 1. The monoisotopic (exact) mass is 263 g/mol. The van der Waals surface area contributed by atoms with Crippen LogP contribution in [0.1, 0.15) is 10.4 Å². The van der Waals surface area contributed by atoms with E-state index in [1.165, 1.54) is 6.07 Å². The predicted octanol–water partition coefficient (Wildman–Crippen LogP) is 1.24. The maximum atomic E-state index is 13.1. The Balaban J connectivity index is 2.95. The van der Waals surface area contributed by atoms with Crippen LogP contribution in [-0.4, -0.2) is 39.8 Å².